The number of benzene rings is 3. The van der Waals surface area contributed by atoms with Gasteiger partial charge in [0, 0.05) is 13.1 Å². The standard InChI is InChI=1S/C31H39N3O5S/c1-6-7-18-32-31(36)25(4)33(21-26-13-11-12-23(2)19-26)30(35)22-34(28-20-24(3)16-17-29(28)39-5)40(37,38)27-14-9-8-10-15-27/h8-17,19-20,25H,6-7,18,21-22H2,1-5H3,(H,32,36)/t25-/m1/s1. The number of unbranched alkanes of at least 4 members (excludes halogenated alkanes) is 1. The Morgan fingerprint density at radius 3 is 2.30 bits per heavy atom. The molecule has 214 valence electrons. The second-order valence-corrected chi connectivity index (χ2v) is 11.7. The van der Waals surface area contributed by atoms with Gasteiger partial charge in [0.2, 0.25) is 11.8 Å². The van der Waals surface area contributed by atoms with Gasteiger partial charge < -0.3 is 15.0 Å². The highest BCUT2D eigenvalue weighted by Gasteiger charge is 2.33. The Labute approximate surface area is 238 Å². The van der Waals surface area contributed by atoms with Gasteiger partial charge in [-0.25, -0.2) is 8.42 Å². The van der Waals surface area contributed by atoms with Crippen LogP contribution in [0.1, 0.15) is 43.4 Å². The van der Waals surface area contributed by atoms with E-state index in [9.17, 15) is 18.0 Å². The number of ether oxygens (including phenoxy) is 1. The van der Waals surface area contributed by atoms with E-state index in [0.29, 0.717) is 12.3 Å². The molecule has 0 fully saturated rings. The molecular weight excluding hydrogens is 526 g/mol. The molecule has 0 aromatic heterocycles. The number of hydrogen-bond acceptors (Lipinski definition) is 5. The van der Waals surface area contributed by atoms with Gasteiger partial charge in [0.15, 0.2) is 0 Å². The number of carbonyl (C=O) groups excluding carboxylic acids is 2. The molecule has 1 atom stereocenters. The molecule has 2 amide bonds. The first-order valence-corrected chi connectivity index (χ1v) is 14.9. The fourth-order valence-corrected chi connectivity index (χ4v) is 5.79. The Hall–Kier alpha value is -3.85. The largest absolute Gasteiger partial charge is 0.495 e. The molecule has 0 saturated heterocycles. The fourth-order valence-electron chi connectivity index (χ4n) is 4.35. The van der Waals surface area contributed by atoms with Crippen LogP contribution in [-0.2, 0) is 26.2 Å². The number of anilines is 1. The minimum absolute atomic E-state index is 0.0435. The van der Waals surface area contributed by atoms with Crippen molar-refractivity contribution in [2.24, 2.45) is 0 Å². The van der Waals surface area contributed by atoms with Crippen molar-refractivity contribution >= 4 is 27.5 Å². The first kappa shape index (κ1) is 30.7. The molecule has 3 aromatic carbocycles. The van der Waals surface area contributed by atoms with E-state index in [-0.39, 0.29) is 23.0 Å². The summed E-state index contributed by atoms with van der Waals surface area (Å²) in [7, 11) is -2.72. The van der Waals surface area contributed by atoms with Crippen molar-refractivity contribution in [2.45, 2.75) is 58.0 Å². The number of carbonyl (C=O) groups is 2. The van der Waals surface area contributed by atoms with Crippen molar-refractivity contribution in [1.82, 2.24) is 10.2 Å². The monoisotopic (exact) mass is 565 g/mol. The van der Waals surface area contributed by atoms with Crippen LogP contribution in [0.3, 0.4) is 0 Å². The highest BCUT2D eigenvalue weighted by Crippen LogP contribution is 2.33. The molecule has 0 radical (unpaired) electrons. The Kier molecular flexibility index (Phi) is 10.7. The molecule has 40 heavy (non-hydrogen) atoms. The summed E-state index contributed by atoms with van der Waals surface area (Å²) in [6.45, 7) is 7.62. The molecular formula is C31H39N3O5S. The predicted molar refractivity (Wildman–Crippen MR) is 158 cm³/mol. The molecule has 8 nitrogen and oxygen atoms in total. The number of sulfonamides is 1. The van der Waals surface area contributed by atoms with Crippen LogP contribution < -0.4 is 14.4 Å². The van der Waals surface area contributed by atoms with E-state index in [1.807, 2.05) is 51.1 Å². The molecule has 0 heterocycles. The van der Waals surface area contributed by atoms with Gasteiger partial charge in [-0.15, -0.1) is 0 Å². The van der Waals surface area contributed by atoms with E-state index < -0.39 is 28.5 Å². The van der Waals surface area contributed by atoms with Crippen LogP contribution in [0, 0.1) is 13.8 Å². The van der Waals surface area contributed by atoms with Crippen LogP contribution in [0.4, 0.5) is 5.69 Å². The number of rotatable bonds is 13. The topological polar surface area (TPSA) is 96.0 Å². The van der Waals surface area contributed by atoms with Crippen LogP contribution >= 0.6 is 0 Å². The third kappa shape index (κ3) is 7.63. The number of hydrogen-bond donors (Lipinski definition) is 1. The number of methoxy groups -OCH3 is 1. The minimum atomic E-state index is -4.17. The zero-order chi connectivity index (χ0) is 29.3. The van der Waals surface area contributed by atoms with Crippen molar-refractivity contribution in [2.75, 3.05) is 24.5 Å². The molecule has 0 spiro atoms. The van der Waals surface area contributed by atoms with E-state index in [0.717, 1.165) is 33.8 Å². The van der Waals surface area contributed by atoms with E-state index >= 15 is 0 Å². The smallest absolute Gasteiger partial charge is 0.264 e. The van der Waals surface area contributed by atoms with Gasteiger partial charge in [-0.3, -0.25) is 13.9 Å². The van der Waals surface area contributed by atoms with Crippen molar-refractivity contribution in [3.63, 3.8) is 0 Å². The fraction of sp³-hybridized carbons (Fsp3) is 0.355. The first-order chi connectivity index (χ1) is 19.1. The third-order valence-corrected chi connectivity index (χ3v) is 8.42. The zero-order valence-corrected chi connectivity index (χ0v) is 24.7. The number of amides is 2. The van der Waals surface area contributed by atoms with Crippen LogP contribution in [0.15, 0.2) is 77.7 Å². The Morgan fingerprint density at radius 1 is 0.950 bits per heavy atom. The maximum Gasteiger partial charge on any atom is 0.264 e. The van der Waals surface area contributed by atoms with Crippen LogP contribution in [-0.4, -0.2) is 51.4 Å². The average Bonchev–Trinajstić information content (AvgIpc) is 2.94. The summed E-state index contributed by atoms with van der Waals surface area (Å²) in [4.78, 5) is 28.6. The molecule has 0 aliphatic carbocycles. The Morgan fingerprint density at radius 2 is 1.65 bits per heavy atom. The van der Waals surface area contributed by atoms with Gasteiger partial charge >= 0.3 is 0 Å². The maximum atomic E-state index is 14.1. The van der Waals surface area contributed by atoms with Crippen LogP contribution in [0.5, 0.6) is 5.75 Å². The summed E-state index contributed by atoms with van der Waals surface area (Å²) in [5, 5.41) is 2.90. The second kappa shape index (κ2) is 14.0. The van der Waals surface area contributed by atoms with E-state index in [2.05, 4.69) is 5.32 Å². The summed E-state index contributed by atoms with van der Waals surface area (Å²) in [6, 6.07) is 20.0. The van der Waals surface area contributed by atoms with Gasteiger partial charge in [0.05, 0.1) is 17.7 Å². The van der Waals surface area contributed by atoms with Crippen molar-refractivity contribution in [1.29, 1.82) is 0 Å². The summed E-state index contributed by atoms with van der Waals surface area (Å²) in [5.74, 6) is -0.490. The molecule has 0 unspecified atom stereocenters. The van der Waals surface area contributed by atoms with Crippen LogP contribution in [0.2, 0.25) is 0 Å². The quantitative estimate of drug-likeness (QED) is 0.299. The van der Waals surface area contributed by atoms with Crippen molar-refractivity contribution < 1.29 is 22.7 Å². The molecule has 1 N–H and O–H groups in total. The minimum Gasteiger partial charge on any atom is -0.495 e. The molecule has 0 saturated carbocycles. The molecule has 9 heteroatoms. The second-order valence-electron chi connectivity index (χ2n) is 9.83. The lowest BCUT2D eigenvalue weighted by Crippen LogP contribution is -2.51. The number of nitrogens with zero attached hydrogens (tertiary/aromatic N) is 2. The van der Waals surface area contributed by atoms with Gasteiger partial charge in [0.1, 0.15) is 18.3 Å². The number of nitrogens with one attached hydrogen (secondary N) is 1. The van der Waals surface area contributed by atoms with Crippen molar-refractivity contribution in [3.8, 4) is 5.75 Å². The Balaban J connectivity index is 2.06. The Bertz CT molecular complexity index is 1410. The van der Waals surface area contributed by atoms with Gasteiger partial charge in [0.25, 0.3) is 10.0 Å². The lowest BCUT2D eigenvalue weighted by atomic mass is 10.1. The highest BCUT2D eigenvalue weighted by molar-refractivity contribution is 7.92. The molecule has 3 rings (SSSR count). The summed E-state index contributed by atoms with van der Waals surface area (Å²) < 4.78 is 34.5. The van der Waals surface area contributed by atoms with Gasteiger partial charge in [-0.05, 0) is 62.6 Å². The summed E-state index contributed by atoms with van der Waals surface area (Å²) in [5.41, 5.74) is 2.90. The average molecular weight is 566 g/mol. The predicted octanol–water partition coefficient (Wildman–Crippen LogP) is 4.84. The third-order valence-electron chi connectivity index (χ3n) is 6.65. The lowest BCUT2D eigenvalue weighted by molar-refractivity contribution is -0.139. The van der Waals surface area contributed by atoms with E-state index in [4.69, 9.17) is 4.74 Å². The lowest BCUT2D eigenvalue weighted by Gasteiger charge is -2.32. The van der Waals surface area contributed by atoms with Crippen molar-refractivity contribution in [3.05, 3.63) is 89.5 Å². The van der Waals surface area contributed by atoms with Gasteiger partial charge in [-0.2, -0.15) is 0 Å². The number of aryl methyl sites for hydroxylation is 2. The molecule has 3 aromatic rings. The van der Waals surface area contributed by atoms with E-state index in [1.165, 1.54) is 24.1 Å². The molecule has 0 aliphatic heterocycles. The summed E-state index contributed by atoms with van der Waals surface area (Å²) >= 11 is 0. The molecule has 0 bridgehead atoms. The van der Waals surface area contributed by atoms with Gasteiger partial charge in [-0.1, -0.05) is 67.4 Å². The first-order valence-electron chi connectivity index (χ1n) is 13.4. The SMILES string of the molecule is CCCCNC(=O)[C@@H](C)N(Cc1cccc(C)c1)C(=O)CN(c1cc(C)ccc1OC)S(=O)(=O)c1ccccc1. The molecule has 0 aliphatic rings. The van der Waals surface area contributed by atoms with Crippen LogP contribution in [0.25, 0.3) is 0 Å². The normalized spacial score (nSPS) is 11.9. The highest BCUT2D eigenvalue weighted by atomic mass is 32.2. The van der Waals surface area contributed by atoms with E-state index in [1.54, 1.807) is 37.3 Å². The zero-order valence-electron chi connectivity index (χ0n) is 23.9. The summed E-state index contributed by atoms with van der Waals surface area (Å²) in [6.07, 6.45) is 1.74. The maximum absolute atomic E-state index is 14.1.